The first-order valence-electron chi connectivity index (χ1n) is 7.27. The number of allylic oxidation sites excluding steroid dienone is 1. The Morgan fingerprint density at radius 2 is 1.61 bits per heavy atom. The maximum atomic E-state index is 13.1. The average molecular weight is 299 g/mol. The van der Waals surface area contributed by atoms with Crippen LogP contribution in [0.25, 0.3) is 11.6 Å². The van der Waals surface area contributed by atoms with E-state index < -0.39 is 0 Å². The molecule has 23 heavy (non-hydrogen) atoms. The lowest BCUT2D eigenvalue weighted by atomic mass is 10.1. The number of hydrogen-bond donors (Lipinski definition) is 0. The number of pyridine rings is 1. The summed E-state index contributed by atoms with van der Waals surface area (Å²) in [7, 11) is 0. The molecule has 3 rings (SSSR count). The van der Waals surface area contributed by atoms with Gasteiger partial charge in [0.05, 0.1) is 11.3 Å². The molecule has 0 aliphatic carbocycles. The third-order valence-electron chi connectivity index (χ3n) is 3.24. The van der Waals surface area contributed by atoms with Gasteiger partial charge in [-0.3, -0.25) is 4.98 Å². The number of aromatic nitrogens is 1. The molecule has 110 valence electrons. The summed E-state index contributed by atoms with van der Waals surface area (Å²) >= 11 is 0. The van der Waals surface area contributed by atoms with Crippen LogP contribution in [-0.4, -0.2) is 4.98 Å². The van der Waals surface area contributed by atoms with Gasteiger partial charge in [0.2, 0.25) is 0 Å². The van der Waals surface area contributed by atoms with Gasteiger partial charge >= 0.3 is 0 Å². The Kier molecular flexibility index (Phi) is 4.61. The summed E-state index contributed by atoms with van der Waals surface area (Å²) in [6.07, 6.45) is 3.65. The zero-order chi connectivity index (χ0) is 15.9. The van der Waals surface area contributed by atoms with Crippen LogP contribution in [0.1, 0.15) is 16.8 Å². The topological polar surface area (TPSA) is 12.9 Å². The van der Waals surface area contributed by atoms with Crippen molar-refractivity contribution >= 4 is 11.6 Å². The van der Waals surface area contributed by atoms with Crippen molar-refractivity contribution in [1.82, 2.24) is 4.98 Å². The van der Waals surface area contributed by atoms with E-state index in [1.54, 1.807) is 18.3 Å². The lowest BCUT2D eigenvalue weighted by Crippen LogP contribution is -1.87. The largest absolute Gasteiger partial charge is 0.256 e. The smallest absolute Gasteiger partial charge is 0.123 e. The first-order chi connectivity index (χ1) is 11.3. The summed E-state index contributed by atoms with van der Waals surface area (Å²) in [6, 6.07) is 21.8. The van der Waals surface area contributed by atoms with Crippen molar-refractivity contribution < 1.29 is 4.39 Å². The monoisotopic (exact) mass is 299 g/mol. The van der Waals surface area contributed by atoms with Crippen LogP contribution in [0.15, 0.2) is 79.0 Å². The fraction of sp³-hybridized carbons (Fsp3) is 0. The molecular weight excluding hydrogens is 285 g/mol. The van der Waals surface area contributed by atoms with Crippen molar-refractivity contribution in [1.29, 1.82) is 0 Å². The molecule has 0 bridgehead atoms. The van der Waals surface area contributed by atoms with Crippen LogP contribution in [0.4, 0.5) is 4.39 Å². The minimum Gasteiger partial charge on any atom is -0.256 e. The van der Waals surface area contributed by atoms with Crippen molar-refractivity contribution in [3.05, 3.63) is 102 Å². The number of rotatable bonds is 2. The highest BCUT2D eigenvalue weighted by Crippen LogP contribution is 2.16. The predicted molar refractivity (Wildman–Crippen MR) is 91.8 cm³/mol. The second-order valence-corrected chi connectivity index (χ2v) is 4.94. The van der Waals surface area contributed by atoms with E-state index in [0.29, 0.717) is 0 Å². The highest BCUT2D eigenvalue weighted by atomic mass is 19.1. The highest BCUT2D eigenvalue weighted by molar-refractivity contribution is 5.90. The van der Waals surface area contributed by atoms with Crippen LogP contribution < -0.4 is 0 Å². The first kappa shape index (κ1) is 14.7. The van der Waals surface area contributed by atoms with Crippen LogP contribution in [0.3, 0.4) is 0 Å². The van der Waals surface area contributed by atoms with Gasteiger partial charge in [-0.2, -0.15) is 0 Å². The molecule has 0 fully saturated rings. The first-order valence-corrected chi connectivity index (χ1v) is 7.27. The number of halogens is 1. The molecule has 0 spiro atoms. The van der Waals surface area contributed by atoms with Crippen molar-refractivity contribution in [3.8, 4) is 11.8 Å². The maximum absolute atomic E-state index is 13.1. The van der Waals surface area contributed by atoms with Gasteiger partial charge in [0.15, 0.2) is 0 Å². The SMILES string of the molecule is Fc1ccc(/C=C(/C#Cc2ccccc2)c2ccccn2)cc1. The van der Waals surface area contributed by atoms with E-state index in [9.17, 15) is 4.39 Å². The lowest BCUT2D eigenvalue weighted by Gasteiger charge is -2.00. The summed E-state index contributed by atoms with van der Waals surface area (Å²) in [4.78, 5) is 4.36. The Hall–Kier alpha value is -3.18. The minimum atomic E-state index is -0.253. The molecule has 3 aromatic rings. The molecule has 2 heteroatoms. The van der Waals surface area contributed by atoms with Crippen molar-refractivity contribution in [2.45, 2.75) is 0 Å². The van der Waals surface area contributed by atoms with Crippen LogP contribution >= 0.6 is 0 Å². The minimum absolute atomic E-state index is 0.253. The standard InChI is InChI=1S/C21H14FN/c22-20-13-10-18(11-14-20)16-19(21-8-4-5-15-23-21)12-9-17-6-2-1-3-7-17/h1-8,10-11,13-16H/b19-16-. The third kappa shape index (κ3) is 4.15. The molecule has 0 saturated carbocycles. The van der Waals surface area contributed by atoms with Gasteiger partial charge in [-0.1, -0.05) is 48.2 Å². The molecule has 0 amide bonds. The number of hydrogen-bond acceptors (Lipinski definition) is 1. The van der Waals surface area contributed by atoms with Gasteiger partial charge < -0.3 is 0 Å². The molecule has 1 nitrogen and oxygen atoms in total. The van der Waals surface area contributed by atoms with Gasteiger partial charge in [-0.15, -0.1) is 0 Å². The van der Waals surface area contributed by atoms with E-state index in [1.807, 2.05) is 54.6 Å². The van der Waals surface area contributed by atoms with Gasteiger partial charge in [0.25, 0.3) is 0 Å². The molecule has 0 aliphatic rings. The molecule has 1 heterocycles. The maximum Gasteiger partial charge on any atom is 0.123 e. The van der Waals surface area contributed by atoms with Gasteiger partial charge in [-0.05, 0) is 48.0 Å². The summed E-state index contributed by atoms with van der Waals surface area (Å²) in [6.45, 7) is 0. The molecular formula is C21H14FN. The molecule has 0 aliphatic heterocycles. The van der Waals surface area contributed by atoms with Crippen molar-refractivity contribution in [2.75, 3.05) is 0 Å². The molecule has 0 unspecified atom stereocenters. The summed E-state index contributed by atoms with van der Waals surface area (Å²) in [5.41, 5.74) is 3.41. The molecule has 2 aromatic carbocycles. The van der Waals surface area contributed by atoms with E-state index in [2.05, 4.69) is 16.8 Å². The molecule has 0 saturated heterocycles. The van der Waals surface area contributed by atoms with E-state index in [0.717, 1.165) is 22.4 Å². The van der Waals surface area contributed by atoms with E-state index in [4.69, 9.17) is 0 Å². The zero-order valence-corrected chi connectivity index (χ0v) is 12.4. The molecule has 0 radical (unpaired) electrons. The van der Waals surface area contributed by atoms with Gasteiger partial charge in [0.1, 0.15) is 5.82 Å². The quantitative estimate of drug-likeness (QED) is 0.619. The average Bonchev–Trinajstić information content (AvgIpc) is 2.62. The second-order valence-electron chi connectivity index (χ2n) is 4.94. The Balaban J connectivity index is 2.01. The molecule has 0 N–H and O–H groups in total. The Bertz CT molecular complexity index is 854. The van der Waals surface area contributed by atoms with E-state index >= 15 is 0 Å². The fourth-order valence-electron chi connectivity index (χ4n) is 2.08. The second kappa shape index (κ2) is 7.20. The summed E-state index contributed by atoms with van der Waals surface area (Å²) in [5, 5.41) is 0. The van der Waals surface area contributed by atoms with Gasteiger partial charge in [0, 0.05) is 11.8 Å². The Morgan fingerprint density at radius 1 is 0.870 bits per heavy atom. The predicted octanol–water partition coefficient (Wildman–Crippen LogP) is 4.81. The normalized spacial score (nSPS) is 10.7. The van der Waals surface area contributed by atoms with E-state index in [-0.39, 0.29) is 5.82 Å². The number of benzene rings is 2. The lowest BCUT2D eigenvalue weighted by molar-refractivity contribution is 0.628. The van der Waals surface area contributed by atoms with Crippen LogP contribution in [0.5, 0.6) is 0 Å². The Morgan fingerprint density at radius 3 is 2.30 bits per heavy atom. The fourth-order valence-corrected chi connectivity index (χ4v) is 2.08. The van der Waals surface area contributed by atoms with Gasteiger partial charge in [-0.25, -0.2) is 4.39 Å². The van der Waals surface area contributed by atoms with Crippen LogP contribution in [-0.2, 0) is 0 Å². The van der Waals surface area contributed by atoms with Crippen molar-refractivity contribution in [2.24, 2.45) is 0 Å². The van der Waals surface area contributed by atoms with E-state index in [1.165, 1.54) is 12.1 Å². The van der Waals surface area contributed by atoms with Crippen LogP contribution in [0.2, 0.25) is 0 Å². The third-order valence-corrected chi connectivity index (χ3v) is 3.24. The number of nitrogens with zero attached hydrogens (tertiary/aromatic N) is 1. The summed E-state index contributed by atoms with van der Waals surface area (Å²) < 4.78 is 13.1. The zero-order valence-electron chi connectivity index (χ0n) is 12.4. The molecule has 1 aromatic heterocycles. The molecule has 0 atom stereocenters. The Labute approximate surface area is 135 Å². The van der Waals surface area contributed by atoms with Crippen molar-refractivity contribution in [3.63, 3.8) is 0 Å². The van der Waals surface area contributed by atoms with Crippen LogP contribution in [0, 0.1) is 17.7 Å². The highest BCUT2D eigenvalue weighted by Gasteiger charge is 2.00. The summed E-state index contributed by atoms with van der Waals surface area (Å²) in [5.74, 6) is 6.06.